The molecule has 0 radical (unpaired) electrons. The Morgan fingerprint density at radius 3 is 2.50 bits per heavy atom. The van der Waals surface area contributed by atoms with E-state index in [9.17, 15) is 13.8 Å². The Balaban J connectivity index is 2.10. The lowest BCUT2D eigenvalue weighted by atomic mass is 10.1. The molecule has 0 amide bonds. The van der Waals surface area contributed by atoms with Crippen molar-refractivity contribution in [3.63, 3.8) is 0 Å². The van der Waals surface area contributed by atoms with Crippen LogP contribution in [0.5, 0.6) is 0 Å². The third-order valence-electron chi connectivity index (χ3n) is 4.31. The third kappa shape index (κ3) is 3.55. The largest absolute Gasteiger partial charge is 0.336 e. The second-order valence-electron chi connectivity index (χ2n) is 5.96. The van der Waals surface area contributed by atoms with Crippen molar-refractivity contribution in [2.24, 2.45) is 0 Å². The highest BCUT2D eigenvalue weighted by atomic mass is 32.2. The molecule has 1 N–H and O–H groups in total. The Morgan fingerprint density at radius 1 is 1.12 bits per heavy atom. The predicted molar refractivity (Wildman–Crippen MR) is 103 cm³/mol. The molecule has 0 fully saturated rings. The minimum absolute atomic E-state index is 0.270. The fourth-order valence-corrected chi connectivity index (χ4v) is 3.58. The number of aryl methyl sites for hydroxylation is 1. The van der Waals surface area contributed by atoms with Crippen LogP contribution in [0.1, 0.15) is 25.2 Å². The van der Waals surface area contributed by atoms with Crippen LogP contribution in [-0.2, 0) is 30.3 Å². The van der Waals surface area contributed by atoms with Crippen LogP contribution in [0.15, 0.2) is 39.9 Å². The molecule has 26 heavy (non-hydrogen) atoms. The van der Waals surface area contributed by atoms with Crippen molar-refractivity contribution < 1.29 is 4.21 Å². The van der Waals surface area contributed by atoms with Crippen molar-refractivity contribution in [1.82, 2.24) is 19.1 Å². The Kier molecular flexibility index (Phi) is 5.51. The number of aromatic nitrogens is 4. The number of aromatic amines is 1. The number of hydrogen-bond donors (Lipinski definition) is 1. The fourth-order valence-electron chi connectivity index (χ4n) is 2.91. The maximum Gasteiger partial charge on any atom is 0.332 e. The van der Waals surface area contributed by atoms with E-state index < -0.39 is 16.5 Å². The van der Waals surface area contributed by atoms with Gasteiger partial charge in [0.1, 0.15) is 11.3 Å². The van der Waals surface area contributed by atoms with Crippen LogP contribution in [0.25, 0.3) is 11.2 Å². The highest BCUT2D eigenvalue weighted by Gasteiger charge is 2.17. The van der Waals surface area contributed by atoms with E-state index in [2.05, 4.69) is 9.97 Å². The summed E-state index contributed by atoms with van der Waals surface area (Å²) in [5.41, 5.74) is 0.940. The number of nitrogens with one attached hydrogen (secondary N) is 1. The number of imidazole rings is 1. The number of rotatable bonds is 7. The molecule has 1 unspecified atom stereocenters. The summed E-state index contributed by atoms with van der Waals surface area (Å²) in [6.07, 6.45) is 0.538. The molecule has 0 aliphatic rings. The zero-order chi connectivity index (χ0) is 18.7. The first-order valence-electron chi connectivity index (χ1n) is 8.66. The first kappa shape index (κ1) is 18.3. The first-order valence-corrected chi connectivity index (χ1v) is 10.1. The van der Waals surface area contributed by atoms with Gasteiger partial charge in [-0.3, -0.25) is 18.1 Å². The molecule has 3 rings (SSSR count). The lowest BCUT2D eigenvalue weighted by molar-refractivity contribution is 0.604. The van der Waals surface area contributed by atoms with Crippen LogP contribution in [0.4, 0.5) is 0 Å². The van der Waals surface area contributed by atoms with Crippen molar-refractivity contribution in [2.75, 3.05) is 11.5 Å². The van der Waals surface area contributed by atoms with Gasteiger partial charge < -0.3 is 4.98 Å². The van der Waals surface area contributed by atoms with E-state index in [4.69, 9.17) is 0 Å². The van der Waals surface area contributed by atoms with E-state index in [1.54, 1.807) is 6.92 Å². The number of hydrogen-bond acceptors (Lipinski definition) is 4. The van der Waals surface area contributed by atoms with Crippen LogP contribution in [0.2, 0.25) is 0 Å². The molecular weight excluding hydrogens is 352 g/mol. The average Bonchev–Trinajstić information content (AvgIpc) is 3.06. The topological polar surface area (TPSA) is 89.8 Å². The zero-order valence-electron chi connectivity index (χ0n) is 14.9. The second-order valence-corrected chi connectivity index (χ2v) is 7.83. The fraction of sp³-hybridized carbons (Fsp3) is 0.389. The monoisotopic (exact) mass is 374 g/mol. The molecule has 0 aliphatic carbocycles. The Hall–Kier alpha value is -2.48. The van der Waals surface area contributed by atoms with E-state index in [-0.39, 0.29) is 18.6 Å². The predicted octanol–water partition coefficient (Wildman–Crippen LogP) is 1.27. The van der Waals surface area contributed by atoms with E-state index in [1.165, 1.54) is 9.13 Å². The van der Waals surface area contributed by atoms with Crippen molar-refractivity contribution in [1.29, 1.82) is 0 Å². The summed E-state index contributed by atoms with van der Waals surface area (Å²) in [5.74, 6) is 1.52. The Labute approximate surface area is 153 Å². The van der Waals surface area contributed by atoms with Gasteiger partial charge in [-0.2, -0.15) is 0 Å². The molecule has 0 bridgehead atoms. The van der Waals surface area contributed by atoms with E-state index in [1.807, 2.05) is 37.3 Å². The number of H-pyrrole nitrogens is 1. The van der Waals surface area contributed by atoms with Crippen molar-refractivity contribution in [3.05, 3.63) is 62.6 Å². The molecule has 3 aromatic rings. The van der Waals surface area contributed by atoms with Gasteiger partial charge in [-0.15, -0.1) is 0 Å². The quantitative estimate of drug-likeness (QED) is 0.674. The summed E-state index contributed by atoms with van der Waals surface area (Å²) < 4.78 is 14.4. The van der Waals surface area contributed by atoms with Crippen LogP contribution in [0.3, 0.4) is 0 Å². The third-order valence-corrected chi connectivity index (χ3v) is 5.59. The van der Waals surface area contributed by atoms with Crippen LogP contribution in [0, 0.1) is 0 Å². The molecule has 7 nitrogen and oxygen atoms in total. The Morgan fingerprint density at radius 2 is 1.85 bits per heavy atom. The van der Waals surface area contributed by atoms with Crippen molar-refractivity contribution >= 4 is 22.0 Å². The SMILES string of the molecule is CCn1c(=O)c2[nH]c(Cc3ccccc3)nc2n(CCS(=O)CC)c1=O. The molecule has 2 aromatic heterocycles. The molecule has 0 aliphatic heterocycles. The van der Waals surface area contributed by atoms with Crippen LogP contribution >= 0.6 is 0 Å². The van der Waals surface area contributed by atoms with Crippen LogP contribution < -0.4 is 11.2 Å². The molecular formula is C18H22N4O3S. The maximum absolute atomic E-state index is 12.7. The van der Waals surface area contributed by atoms with E-state index in [0.717, 1.165) is 5.56 Å². The number of benzene rings is 1. The van der Waals surface area contributed by atoms with Gasteiger partial charge in [0.2, 0.25) is 0 Å². The smallest absolute Gasteiger partial charge is 0.332 e. The van der Waals surface area contributed by atoms with Gasteiger partial charge in [0.15, 0.2) is 5.65 Å². The molecule has 0 spiro atoms. The highest BCUT2D eigenvalue weighted by Crippen LogP contribution is 2.10. The zero-order valence-corrected chi connectivity index (χ0v) is 15.7. The van der Waals surface area contributed by atoms with Crippen molar-refractivity contribution in [2.45, 2.75) is 33.4 Å². The average molecular weight is 374 g/mol. The minimum atomic E-state index is -1.00. The normalized spacial score (nSPS) is 12.5. The standard InChI is InChI=1S/C18H22N4O3S/c1-3-21-17(23)15-16(22(18(21)24)10-11-26(25)4-2)20-14(19-15)12-13-8-6-5-7-9-13/h5-9H,3-4,10-12H2,1-2H3,(H,19,20). The lowest BCUT2D eigenvalue weighted by Gasteiger charge is -2.09. The number of nitrogens with zero attached hydrogens (tertiary/aromatic N) is 3. The summed E-state index contributed by atoms with van der Waals surface area (Å²) in [7, 11) is -1.00. The molecule has 138 valence electrons. The summed E-state index contributed by atoms with van der Waals surface area (Å²) in [6, 6.07) is 9.79. The number of fused-ring (bicyclic) bond motifs is 1. The van der Waals surface area contributed by atoms with Crippen LogP contribution in [-0.4, -0.2) is 34.8 Å². The molecule has 0 saturated carbocycles. The molecule has 1 atom stereocenters. The van der Waals surface area contributed by atoms with Gasteiger partial charge >= 0.3 is 5.69 Å². The van der Waals surface area contributed by atoms with E-state index in [0.29, 0.717) is 34.9 Å². The Bertz CT molecular complexity index is 1050. The molecule has 8 heteroatoms. The highest BCUT2D eigenvalue weighted by molar-refractivity contribution is 7.84. The molecule has 2 heterocycles. The summed E-state index contributed by atoms with van der Waals surface area (Å²) in [5, 5.41) is 0. The second kappa shape index (κ2) is 7.82. The summed E-state index contributed by atoms with van der Waals surface area (Å²) in [4.78, 5) is 32.9. The van der Waals surface area contributed by atoms with Crippen molar-refractivity contribution in [3.8, 4) is 0 Å². The summed E-state index contributed by atoms with van der Waals surface area (Å²) >= 11 is 0. The van der Waals surface area contributed by atoms with E-state index >= 15 is 0 Å². The first-order chi connectivity index (χ1) is 12.5. The lowest BCUT2D eigenvalue weighted by Crippen LogP contribution is -2.40. The van der Waals surface area contributed by atoms with Gasteiger partial charge in [-0.05, 0) is 12.5 Å². The molecule has 1 aromatic carbocycles. The summed E-state index contributed by atoms with van der Waals surface area (Å²) in [6.45, 7) is 4.14. The van der Waals surface area contributed by atoms with Gasteiger partial charge in [0.25, 0.3) is 5.56 Å². The van der Waals surface area contributed by atoms with Gasteiger partial charge in [0.05, 0.1) is 0 Å². The van der Waals surface area contributed by atoms with Gasteiger partial charge in [-0.25, -0.2) is 9.78 Å². The van der Waals surface area contributed by atoms with Gasteiger partial charge in [-0.1, -0.05) is 37.3 Å². The molecule has 0 saturated heterocycles. The minimum Gasteiger partial charge on any atom is -0.336 e. The van der Waals surface area contributed by atoms with Gasteiger partial charge in [0, 0.05) is 41.8 Å². The maximum atomic E-state index is 12.7.